The van der Waals surface area contributed by atoms with E-state index in [4.69, 9.17) is 9.72 Å². The van der Waals surface area contributed by atoms with Crippen molar-refractivity contribution in [2.45, 2.75) is 33.1 Å². The highest BCUT2D eigenvalue weighted by atomic mass is 32.1. The minimum absolute atomic E-state index is 0.142. The van der Waals surface area contributed by atoms with Gasteiger partial charge in [0, 0.05) is 44.6 Å². The number of aromatic nitrogens is 1. The van der Waals surface area contributed by atoms with Gasteiger partial charge in [-0.15, -0.1) is 0 Å². The lowest BCUT2D eigenvalue weighted by molar-refractivity contribution is -0.121. The number of carbonyl (C=O) groups excluding carboxylic acids is 3. The van der Waals surface area contributed by atoms with Gasteiger partial charge in [0.25, 0.3) is 5.91 Å². The Morgan fingerprint density at radius 1 is 1.00 bits per heavy atom. The average Bonchev–Trinajstić information content (AvgIpc) is 3.49. The first-order chi connectivity index (χ1) is 17.4. The van der Waals surface area contributed by atoms with Gasteiger partial charge in [0.2, 0.25) is 11.8 Å². The van der Waals surface area contributed by atoms with Crippen molar-refractivity contribution in [3.8, 4) is 0 Å². The molecule has 2 fully saturated rings. The van der Waals surface area contributed by atoms with Crippen molar-refractivity contribution in [1.29, 1.82) is 0 Å². The molecule has 0 unspecified atom stereocenters. The van der Waals surface area contributed by atoms with Crippen LogP contribution in [0.25, 0.3) is 10.2 Å². The normalized spacial score (nSPS) is 16.8. The van der Waals surface area contributed by atoms with Gasteiger partial charge in [-0.2, -0.15) is 0 Å². The van der Waals surface area contributed by atoms with Gasteiger partial charge >= 0.3 is 0 Å². The van der Waals surface area contributed by atoms with Crippen LogP contribution >= 0.6 is 11.3 Å². The predicted octanol–water partition coefficient (Wildman–Crippen LogP) is 3.94. The molecule has 3 amide bonds. The maximum Gasteiger partial charge on any atom is 0.260 e. The van der Waals surface area contributed by atoms with Crippen LogP contribution in [0.5, 0.6) is 0 Å². The lowest BCUT2D eigenvalue weighted by atomic mass is 10.1. The summed E-state index contributed by atoms with van der Waals surface area (Å²) in [5.74, 6) is -0.551. The fraction of sp³-hybridized carbons (Fsp3) is 0.407. The van der Waals surface area contributed by atoms with Crippen molar-refractivity contribution in [1.82, 2.24) is 9.88 Å². The van der Waals surface area contributed by atoms with E-state index in [1.54, 1.807) is 40.5 Å². The number of nitrogens with zero attached hydrogens (tertiary/aromatic N) is 4. The van der Waals surface area contributed by atoms with Crippen molar-refractivity contribution >= 4 is 50.1 Å². The van der Waals surface area contributed by atoms with E-state index in [9.17, 15) is 14.4 Å². The molecule has 0 aliphatic carbocycles. The lowest BCUT2D eigenvalue weighted by Gasteiger charge is -2.27. The van der Waals surface area contributed by atoms with Crippen LogP contribution in [0.15, 0.2) is 36.4 Å². The number of ether oxygens (including phenoxy) is 1. The maximum atomic E-state index is 13.7. The standard InChI is InChI=1S/C27H30N4O4S/c1-18-4-5-19(2)25-24(18)28-27(36-25)30(13-3-12-29-14-16-35-17-15-29)26(34)20-6-8-21(9-7-20)31-22(32)10-11-23(31)33/h4-9H,3,10-17H2,1-2H3. The summed E-state index contributed by atoms with van der Waals surface area (Å²) in [6.07, 6.45) is 1.27. The third-order valence-corrected chi connectivity index (χ3v) is 8.00. The number of amides is 3. The van der Waals surface area contributed by atoms with Crippen LogP contribution in [0, 0.1) is 13.8 Å². The van der Waals surface area contributed by atoms with Crippen LogP contribution in [0.4, 0.5) is 10.8 Å². The second-order valence-corrected chi connectivity index (χ2v) is 10.3. The van der Waals surface area contributed by atoms with E-state index >= 15 is 0 Å². The summed E-state index contributed by atoms with van der Waals surface area (Å²) < 4.78 is 6.54. The number of morpholine rings is 1. The number of hydrogen-bond donors (Lipinski definition) is 0. The maximum absolute atomic E-state index is 13.7. The molecule has 0 radical (unpaired) electrons. The van der Waals surface area contributed by atoms with Gasteiger partial charge in [0.15, 0.2) is 5.13 Å². The van der Waals surface area contributed by atoms with Gasteiger partial charge in [-0.05, 0) is 55.7 Å². The minimum Gasteiger partial charge on any atom is -0.379 e. The number of imide groups is 1. The molecule has 5 rings (SSSR count). The zero-order chi connectivity index (χ0) is 25.2. The van der Waals surface area contributed by atoms with Crippen molar-refractivity contribution in [3.63, 3.8) is 0 Å². The van der Waals surface area contributed by atoms with E-state index in [1.165, 1.54) is 4.90 Å². The molecule has 0 spiro atoms. The Kier molecular flexibility index (Phi) is 7.13. The summed E-state index contributed by atoms with van der Waals surface area (Å²) in [5.41, 5.74) is 4.16. The second-order valence-electron chi connectivity index (χ2n) is 9.31. The molecule has 1 aromatic heterocycles. The van der Waals surface area contributed by atoms with Gasteiger partial charge in [-0.3, -0.25) is 29.1 Å². The van der Waals surface area contributed by atoms with Crippen molar-refractivity contribution in [2.24, 2.45) is 0 Å². The average molecular weight is 507 g/mol. The summed E-state index contributed by atoms with van der Waals surface area (Å²) in [4.78, 5) is 48.1. The molecule has 2 saturated heterocycles. The monoisotopic (exact) mass is 506 g/mol. The number of carbonyl (C=O) groups is 3. The van der Waals surface area contributed by atoms with Crippen LogP contribution in [-0.2, 0) is 14.3 Å². The third kappa shape index (κ3) is 4.91. The zero-order valence-corrected chi connectivity index (χ0v) is 21.5. The summed E-state index contributed by atoms with van der Waals surface area (Å²) in [6.45, 7) is 8.82. The molecular formula is C27H30N4O4S. The molecule has 2 aliphatic heterocycles. The number of aryl methyl sites for hydroxylation is 2. The van der Waals surface area contributed by atoms with E-state index in [0.29, 0.717) is 22.9 Å². The number of hydrogen-bond acceptors (Lipinski definition) is 7. The van der Waals surface area contributed by atoms with Crippen LogP contribution in [-0.4, -0.2) is 67.0 Å². The highest BCUT2D eigenvalue weighted by Crippen LogP contribution is 2.34. The number of anilines is 2. The molecule has 36 heavy (non-hydrogen) atoms. The molecule has 0 saturated carbocycles. The van der Waals surface area contributed by atoms with Gasteiger partial charge in [-0.1, -0.05) is 23.5 Å². The summed E-state index contributed by atoms with van der Waals surface area (Å²) >= 11 is 1.54. The quantitative estimate of drug-likeness (QED) is 0.452. The van der Waals surface area contributed by atoms with Crippen LogP contribution in [0.3, 0.4) is 0 Å². The zero-order valence-electron chi connectivity index (χ0n) is 20.7. The first kappa shape index (κ1) is 24.5. The Morgan fingerprint density at radius 3 is 2.33 bits per heavy atom. The van der Waals surface area contributed by atoms with E-state index < -0.39 is 0 Å². The third-order valence-electron chi connectivity index (χ3n) is 6.79. The Hall–Kier alpha value is -3.14. The summed E-state index contributed by atoms with van der Waals surface area (Å²) in [6, 6.07) is 10.9. The van der Waals surface area contributed by atoms with Crippen LogP contribution in [0.2, 0.25) is 0 Å². The van der Waals surface area contributed by atoms with Crippen LogP contribution in [0.1, 0.15) is 40.7 Å². The molecule has 3 aromatic rings. The summed E-state index contributed by atoms with van der Waals surface area (Å²) in [7, 11) is 0. The highest BCUT2D eigenvalue weighted by Gasteiger charge is 2.30. The second kappa shape index (κ2) is 10.5. The lowest BCUT2D eigenvalue weighted by Crippen LogP contribution is -2.39. The van der Waals surface area contributed by atoms with Crippen molar-refractivity contribution < 1.29 is 19.1 Å². The molecule has 188 valence electrons. The van der Waals surface area contributed by atoms with Crippen molar-refractivity contribution in [3.05, 3.63) is 53.1 Å². The molecular weight excluding hydrogens is 476 g/mol. The van der Waals surface area contributed by atoms with Gasteiger partial charge in [-0.25, -0.2) is 4.98 Å². The summed E-state index contributed by atoms with van der Waals surface area (Å²) in [5, 5.41) is 0.684. The topological polar surface area (TPSA) is 83.0 Å². The smallest absolute Gasteiger partial charge is 0.260 e. The first-order valence-corrected chi connectivity index (χ1v) is 13.2. The Bertz CT molecular complexity index is 1240. The Labute approximate surface area is 214 Å². The minimum atomic E-state index is -0.205. The molecule has 2 aliphatic rings. The largest absolute Gasteiger partial charge is 0.379 e. The molecule has 2 aromatic carbocycles. The van der Waals surface area contributed by atoms with Gasteiger partial charge in [0.1, 0.15) is 0 Å². The molecule has 8 nitrogen and oxygen atoms in total. The molecule has 9 heteroatoms. The van der Waals surface area contributed by atoms with Gasteiger partial charge < -0.3 is 4.74 Å². The SMILES string of the molecule is Cc1ccc(C)c2sc(N(CCCN3CCOCC3)C(=O)c3ccc(N4C(=O)CCC4=O)cc3)nc12. The number of benzene rings is 2. The predicted molar refractivity (Wildman–Crippen MR) is 141 cm³/mol. The first-order valence-electron chi connectivity index (χ1n) is 12.4. The van der Waals surface area contributed by atoms with Gasteiger partial charge in [0.05, 0.1) is 29.1 Å². The molecule has 0 N–H and O–H groups in total. The molecule has 0 atom stereocenters. The Balaban J connectivity index is 1.41. The van der Waals surface area contributed by atoms with E-state index in [0.717, 1.165) is 60.6 Å². The molecule has 3 heterocycles. The number of rotatable bonds is 7. The van der Waals surface area contributed by atoms with Crippen molar-refractivity contribution in [2.75, 3.05) is 49.2 Å². The fourth-order valence-electron chi connectivity index (χ4n) is 4.70. The Morgan fingerprint density at radius 2 is 1.67 bits per heavy atom. The highest BCUT2D eigenvalue weighted by molar-refractivity contribution is 7.22. The number of fused-ring (bicyclic) bond motifs is 1. The molecule has 0 bridgehead atoms. The van der Waals surface area contributed by atoms with Crippen LogP contribution < -0.4 is 9.80 Å². The van der Waals surface area contributed by atoms with E-state index in [2.05, 4.69) is 24.0 Å². The van der Waals surface area contributed by atoms with E-state index in [-0.39, 0.29) is 30.6 Å². The fourth-order valence-corrected chi connectivity index (χ4v) is 5.83. The van der Waals surface area contributed by atoms with E-state index in [1.807, 2.05) is 6.92 Å². The number of thiazole rings is 1.